The van der Waals surface area contributed by atoms with E-state index >= 15 is 0 Å². The molecule has 0 aliphatic carbocycles. The maximum atomic E-state index is 14.0. The number of carboxylic acid groups (broad SMARTS) is 1. The lowest BCUT2D eigenvalue weighted by atomic mass is 9.93. The minimum atomic E-state index is -0.992. The number of halogens is 2. The molecule has 1 N–H and O–H groups in total. The van der Waals surface area contributed by atoms with E-state index in [1.54, 1.807) is 30.5 Å². The van der Waals surface area contributed by atoms with Gasteiger partial charge in [0.2, 0.25) is 5.88 Å². The maximum Gasteiger partial charge on any atom is 0.335 e. The first-order valence-corrected chi connectivity index (χ1v) is 13.3. The number of fused-ring (bicyclic) bond motifs is 1. The monoisotopic (exact) mass is 559 g/mol. The van der Waals surface area contributed by atoms with Gasteiger partial charge in [0.25, 0.3) is 0 Å². The number of imidazole rings is 1. The largest absolute Gasteiger partial charge is 0.478 e. The number of hydrogen-bond donors (Lipinski definition) is 1. The molecule has 6 rings (SSSR count). The zero-order valence-electron chi connectivity index (χ0n) is 22.0. The van der Waals surface area contributed by atoms with Gasteiger partial charge in [-0.15, -0.1) is 0 Å². The van der Waals surface area contributed by atoms with Crippen molar-refractivity contribution in [1.29, 1.82) is 0 Å². The third-order valence-electron chi connectivity index (χ3n) is 7.38. The van der Waals surface area contributed by atoms with E-state index in [0.29, 0.717) is 24.7 Å². The quantitative estimate of drug-likeness (QED) is 0.256. The van der Waals surface area contributed by atoms with E-state index in [2.05, 4.69) is 14.9 Å². The van der Waals surface area contributed by atoms with E-state index in [0.717, 1.165) is 54.5 Å². The summed E-state index contributed by atoms with van der Waals surface area (Å²) in [5.74, 6) is -0.158. The molecule has 9 nitrogen and oxygen atoms in total. The van der Waals surface area contributed by atoms with Crippen molar-refractivity contribution in [2.24, 2.45) is 0 Å². The normalized spacial score (nSPS) is 14.5. The molecule has 11 heteroatoms. The van der Waals surface area contributed by atoms with E-state index in [-0.39, 0.29) is 23.7 Å². The van der Waals surface area contributed by atoms with Crippen molar-refractivity contribution in [3.8, 4) is 5.88 Å². The fraction of sp³-hybridized carbons (Fsp3) is 0.267. The summed E-state index contributed by atoms with van der Waals surface area (Å²) in [5, 5.41) is 9.49. The molecule has 1 aliphatic rings. The Bertz CT molecular complexity index is 1680. The lowest BCUT2D eigenvalue weighted by Gasteiger charge is -2.31. The maximum absolute atomic E-state index is 14.0. The Morgan fingerprint density at radius 2 is 1.90 bits per heavy atom. The highest BCUT2D eigenvalue weighted by molar-refractivity contribution is 5.92. The van der Waals surface area contributed by atoms with Crippen LogP contribution in [0.1, 0.15) is 52.0 Å². The zero-order valence-corrected chi connectivity index (χ0v) is 22.0. The van der Waals surface area contributed by atoms with Crippen LogP contribution in [0.3, 0.4) is 0 Å². The van der Waals surface area contributed by atoms with Crippen LogP contribution in [-0.2, 0) is 19.7 Å². The Hall–Kier alpha value is -4.64. The lowest BCUT2D eigenvalue weighted by molar-refractivity contribution is 0.0697. The predicted molar refractivity (Wildman–Crippen MR) is 144 cm³/mol. The zero-order chi connectivity index (χ0) is 28.3. The van der Waals surface area contributed by atoms with E-state index < -0.39 is 17.6 Å². The highest BCUT2D eigenvalue weighted by Gasteiger charge is 2.24. The first-order chi connectivity index (χ1) is 19.9. The van der Waals surface area contributed by atoms with E-state index in [9.17, 15) is 18.7 Å². The highest BCUT2D eigenvalue weighted by Crippen LogP contribution is 2.29. The van der Waals surface area contributed by atoms with Gasteiger partial charge >= 0.3 is 5.97 Å². The van der Waals surface area contributed by atoms with Crippen molar-refractivity contribution in [1.82, 2.24) is 24.4 Å². The Labute approximate surface area is 234 Å². The van der Waals surface area contributed by atoms with E-state index in [1.165, 1.54) is 18.5 Å². The summed E-state index contributed by atoms with van der Waals surface area (Å²) in [5.41, 5.74) is 2.83. The number of pyridine rings is 1. The second-order valence-corrected chi connectivity index (χ2v) is 10.1. The number of hydrogen-bond acceptors (Lipinski definition) is 7. The van der Waals surface area contributed by atoms with Crippen molar-refractivity contribution in [2.45, 2.75) is 38.5 Å². The number of piperidine rings is 1. The smallest absolute Gasteiger partial charge is 0.335 e. The first kappa shape index (κ1) is 26.6. The molecule has 210 valence electrons. The molecule has 1 aliphatic heterocycles. The van der Waals surface area contributed by atoms with Crippen LogP contribution in [-0.4, -0.2) is 48.6 Å². The lowest BCUT2D eigenvalue weighted by Crippen LogP contribution is -2.33. The third-order valence-corrected chi connectivity index (χ3v) is 7.38. The molecule has 5 aromatic rings. The molecule has 41 heavy (non-hydrogen) atoms. The van der Waals surface area contributed by atoms with Gasteiger partial charge in [-0.25, -0.2) is 28.5 Å². The Balaban J connectivity index is 1.13. The molecule has 0 atom stereocenters. The van der Waals surface area contributed by atoms with Gasteiger partial charge in [0.05, 0.1) is 35.9 Å². The molecule has 0 spiro atoms. The Morgan fingerprint density at radius 3 is 2.66 bits per heavy atom. The Kier molecular flexibility index (Phi) is 7.43. The second kappa shape index (κ2) is 11.5. The van der Waals surface area contributed by atoms with Gasteiger partial charge in [0, 0.05) is 29.3 Å². The van der Waals surface area contributed by atoms with Crippen LogP contribution in [0.15, 0.2) is 71.6 Å². The molecular formula is C30H27F2N5O4. The summed E-state index contributed by atoms with van der Waals surface area (Å²) in [7, 11) is 0. The minimum Gasteiger partial charge on any atom is -0.478 e. The van der Waals surface area contributed by atoms with E-state index in [4.69, 9.17) is 14.1 Å². The average molecular weight is 560 g/mol. The summed E-state index contributed by atoms with van der Waals surface area (Å²) in [6, 6.07) is 13.9. The van der Waals surface area contributed by atoms with Gasteiger partial charge < -0.3 is 18.8 Å². The predicted octanol–water partition coefficient (Wildman–Crippen LogP) is 5.40. The van der Waals surface area contributed by atoms with Crippen molar-refractivity contribution in [3.63, 3.8) is 0 Å². The van der Waals surface area contributed by atoms with Crippen molar-refractivity contribution in [2.75, 3.05) is 13.1 Å². The first-order valence-electron chi connectivity index (χ1n) is 13.3. The van der Waals surface area contributed by atoms with Gasteiger partial charge in [-0.05, 0) is 62.3 Å². The van der Waals surface area contributed by atoms with Crippen molar-refractivity contribution >= 4 is 17.0 Å². The highest BCUT2D eigenvalue weighted by atomic mass is 19.1. The number of nitrogens with zero attached hydrogens (tertiary/aromatic N) is 5. The number of ether oxygens (including phenoxy) is 1. The minimum absolute atomic E-state index is 0.0377. The molecule has 0 unspecified atom stereocenters. The molecule has 0 amide bonds. The van der Waals surface area contributed by atoms with Crippen LogP contribution in [0.5, 0.6) is 5.88 Å². The van der Waals surface area contributed by atoms with Crippen LogP contribution >= 0.6 is 0 Å². The standard InChI is InChI=1S/C30H27F2N5O4/c31-22-6-4-21(24(32)13-22)17-40-29-3-1-2-25(35-29)19-8-10-36(11-9-19)16-28-34-26-7-5-20(30(38)39)12-27(26)37(28)15-23-14-33-18-41-23/h1-7,12-14,18-19H,8-11,15-17H2,(H,38,39). The number of carbonyl (C=O) groups is 1. The SMILES string of the molecule is O=C(O)c1ccc2nc(CN3CCC(c4cccc(OCc5ccc(F)cc5F)n4)CC3)n(Cc3cnco3)c2c1. The van der Waals surface area contributed by atoms with Gasteiger partial charge in [-0.3, -0.25) is 4.90 Å². The molecule has 0 saturated carbocycles. The fourth-order valence-corrected chi connectivity index (χ4v) is 5.19. The van der Waals surface area contributed by atoms with Gasteiger partial charge in [-0.1, -0.05) is 6.07 Å². The molecule has 0 bridgehead atoms. The van der Waals surface area contributed by atoms with Crippen LogP contribution in [0.4, 0.5) is 8.78 Å². The number of carboxylic acids is 1. The number of rotatable bonds is 9. The van der Waals surface area contributed by atoms with Crippen LogP contribution in [0.25, 0.3) is 11.0 Å². The van der Waals surface area contributed by atoms with Crippen LogP contribution in [0, 0.1) is 11.6 Å². The topological polar surface area (TPSA) is 107 Å². The summed E-state index contributed by atoms with van der Waals surface area (Å²) >= 11 is 0. The molecule has 3 aromatic heterocycles. The van der Waals surface area contributed by atoms with Crippen molar-refractivity contribution < 1.29 is 27.8 Å². The van der Waals surface area contributed by atoms with Gasteiger partial charge in [0.1, 0.15) is 29.8 Å². The number of oxazole rings is 1. The molecular weight excluding hydrogens is 532 g/mol. The van der Waals surface area contributed by atoms with Gasteiger partial charge in [0.15, 0.2) is 6.39 Å². The molecule has 4 heterocycles. The van der Waals surface area contributed by atoms with Crippen LogP contribution in [0.2, 0.25) is 0 Å². The number of aromatic nitrogens is 4. The summed E-state index contributed by atoms with van der Waals surface area (Å²) in [4.78, 5) is 27.4. The summed E-state index contributed by atoms with van der Waals surface area (Å²) in [6.45, 7) is 2.60. The third kappa shape index (κ3) is 5.94. The molecule has 0 radical (unpaired) electrons. The summed E-state index contributed by atoms with van der Waals surface area (Å²) in [6.07, 6.45) is 4.78. The number of benzene rings is 2. The van der Waals surface area contributed by atoms with Crippen molar-refractivity contribution in [3.05, 3.63) is 107 Å². The number of aromatic carboxylic acids is 1. The van der Waals surface area contributed by atoms with Crippen LogP contribution < -0.4 is 4.74 Å². The number of likely N-dealkylation sites (tertiary alicyclic amines) is 1. The molecule has 2 aromatic carbocycles. The second-order valence-electron chi connectivity index (χ2n) is 10.1. The fourth-order valence-electron chi connectivity index (χ4n) is 5.19. The summed E-state index contributed by atoms with van der Waals surface area (Å²) < 4.78 is 40.3. The Morgan fingerprint density at radius 1 is 1.05 bits per heavy atom. The van der Waals surface area contributed by atoms with Gasteiger partial charge in [-0.2, -0.15) is 0 Å². The molecule has 1 fully saturated rings. The molecule has 1 saturated heterocycles. The van der Waals surface area contributed by atoms with E-state index in [1.807, 2.05) is 16.7 Å². The average Bonchev–Trinajstić information content (AvgIpc) is 3.61.